The number of hydrogen-bond donors (Lipinski definition) is 3. The summed E-state index contributed by atoms with van der Waals surface area (Å²) < 4.78 is 19.0. The van der Waals surface area contributed by atoms with Crippen LogP contribution in [-0.2, 0) is 14.2 Å². The number of aliphatic hydroxyl groups excluding tert-OH is 2. The normalized spacial score (nSPS) is 14.4. The Bertz CT molecular complexity index is 897. The first-order chi connectivity index (χ1) is 32.0. The highest BCUT2D eigenvalue weighted by molar-refractivity contribution is 4.81. The molecule has 65 heavy (non-hydrogen) atoms. The average Bonchev–Trinajstić information content (AvgIpc) is 3.29. The van der Waals surface area contributed by atoms with E-state index >= 15 is 0 Å². The van der Waals surface area contributed by atoms with Crippen molar-refractivity contribution in [3.8, 4) is 0 Å². The van der Waals surface area contributed by atoms with E-state index in [0.29, 0.717) is 18.6 Å². The molecule has 2 unspecified atom stereocenters. The smallest absolute Gasteiger partial charge is 0.157 e. The minimum absolute atomic E-state index is 0.0625. The van der Waals surface area contributed by atoms with Crippen LogP contribution >= 0.6 is 0 Å². The summed E-state index contributed by atoms with van der Waals surface area (Å²) in [6.07, 6.45) is 44.4. The van der Waals surface area contributed by atoms with Gasteiger partial charge in [-0.15, -0.1) is 0 Å². The highest BCUT2D eigenvalue weighted by Gasteiger charge is 2.25. The number of hydrogen-bond acceptors (Lipinski definition) is 8. The molecule has 2 atom stereocenters. The van der Waals surface area contributed by atoms with Crippen LogP contribution in [0.3, 0.4) is 0 Å². The lowest BCUT2D eigenvalue weighted by Crippen LogP contribution is -2.45. The van der Waals surface area contributed by atoms with Crippen molar-refractivity contribution in [2.45, 2.75) is 284 Å². The first kappa shape index (κ1) is 62.7. The second-order valence-electron chi connectivity index (χ2n) is 20.6. The number of unbranched alkanes of at least 4 members (excludes halogenated alkanes) is 22. The molecule has 0 aliphatic heterocycles. The molecule has 1 rings (SSSR count). The van der Waals surface area contributed by atoms with Crippen LogP contribution in [0, 0.1) is 11.8 Å². The van der Waals surface area contributed by atoms with Gasteiger partial charge >= 0.3 is 0 Å². The topological polar surface area (TPSA) is 86.7 Å². The van der Waals surface area contributed by atoms with Crippen molar-refractivity contribution in [3.63, 3.8) is 0 Å². The van der Waals surface area contributed by atoms with Crippen molar-refractivity contribution < 1.29 is 24.4 Å². The van der Waals surface area contributed by atoms with Gasteiger partial charge in [0.05, 0.1) is 13.2 Å². The van der Waals surface area contributed by atoms with Crippen LogP contribution in [-0.4, -0.2) is 111 Å². The highest BCUT2D eigenvalue weighted by atomic mass is 16.7. The quantitative estimate of drug-likeness (QED) is 0.0411. The summed E-state index contributed by atoms with van der Waals surface area (Å²) in [6, 6.07) is 0.651. The van der Waals surface area contributed by atoms with Gasteiger partial charge in [-0.1, -0.05) is 189 Å². The molecule has 0 amide bonds. The number of rotatable bonds is 54. The molecule has 1 saturated carbocycles. The van der Waals surface area contributed by atoms with Gasteiger partial charge in [-0.05, 0) is 96.1 Å². The summed E-state index contributed by atoms with van der Waals surface area (Å²) in [5.41, 5.74) is 0. The van der Waals surface area contributed by atoms with Gasteiger partial charge in [0.15, 0.2) is 6.29 Å². The largest absolute Gasteiger partial charge is 0.395 e. The van der Waals surface area contributed by atoms with Crippen LogP contribution in [0.25, 0.3) is 0 Å². The fourth-order valence-electron chi connectivity index (χ4n) is 9.66. The minimum Gasteiger partial charge on any atom is -0.395 e. The van der Waals surface area contributed by atoms with Crippen molar-refractivity contribution in [2.75, 3.05) is 72.3 Å². The molecular formula is C57H117N3O5. The molecule has 1 fully saturated rings. The molecule has 0 radical (unpaired) electrons. The van der Waals surface area contributed by atoms with E-state index in [2.05, 4.69) is 49.7 Å². The van der Waals surface area contributed by atoms with Gasteiger partial charge in [-0.3, -0.25) is 10.2 Å². The summed E-state index contributed by atoms with van der Waals surface area (Å²) in [5.74, 6) is 0.766. The molecule has 0 aromatic carbocycles. The van der Waals surface area contributed by atoms with Gasteiger partial charge in [0.1, 0.15) is 6.23 Å². The highest BCUT2D eigenvalue weighted by Crippen LogP contribution is 2.25. The third-order valence-electron chi connectivity index (χ3n) is 14.5. The van der Waals surface area contributed by atoms with E-state index in [1.54, 1.807) is 0 Å². The number of nitrogens with one attached hydrogen (secondary N) is 1. The zero-order valence-corrected chi connectivity index (χ0v) is 44.6. The van der Waals surface area contributed by atoms with Crippen LogP contribution in [0.4, 0.5) is 0 Å². The molecular weight excluding hydrogens is 807 g/mol. The van der Waals surface area contributed by atoms with Crippen LogP contribution in [0.2, 0.25) is 0 Å². The Balaban J connectivity index is 2.81. The summed E-state index contributed by atoms with van der Waals surface area (Å²) >= 11 is 0. The zero-order chi connectivity index (χ0) is 47.1. The summed E-state index contributed by atoms with van der Waals surface area (Å²) in [5, 5.41) is 25.2. The maximum atomic E-state index is 11.7. The monoisotopic (exact) mass is 924 g/mol. The second kappa shape index (κ2) is 48.7. The molecule has 0 aromatic heterocycles. The Morgan fingerprint density at radius 2 is 0.954 bits per heavy atom. The van der Waals surface area contributed by atoms with Gasteiger partial charge in [-0.2, -0.15) is 0 Å². The lowest BCUT2D eigenvalue weighted by atomic mass is 9.91. The van der Waals surface area contributed by atoms with Crippen LogP contribution < -0.4 is 5.32 Å². The lowest BCUT2D eigenvalue weighted by molar-refractivity contribution is -0.148. The summed E-state index contributed by atoms with van der Waals surface area (Å²) in [7, 11) is 0. The number of aliphatic hydroxyl groups is 2. The van der Waals surface area contributed by atoms with Gasteiger partial charge < -0.3 is 29.3 Å². The predicted octanol–water partition coefficient (Wildman–Crippen LogP) is 14.6. The Hall–Kier alpha value is -0.320. The van der Waals surface area contributed by atoms with Gasteiger partial charge in [0.2, 0.25) is 0 Å². The molecule has 0 aromatic rings. The van der Waals surface area contributed by atoms with Crippen LogP contribution in [0.15, 0.2) is 0 Å². The van der Waals surface area contributed by atoms with E-state index in [-0.39, 0.29) is 18.8 Å². The molecule has 1 aliphatic carbocycles. The molecule has 0 saturated heterocycles. The van der Waals surface area contributed by atoms with E-state index < -0.39 is 6.23 Å². The van der Waals surface area contributed by atoms with Crippen LogP contribution in [0.1, 0.15) is 266 Å². The van der Waals surface area contributed by atoms with E-state index in [9.17, 15) is 10.2 Å². The summed E-state index contributed by atoms with van der Waals surface area (Å²) in [6.45, 7) is 20.8. The minimum atomic E-state index is -0.515. The van der Waals surface area contributed by atoms with E-state index in [1.165, 1.54) is 180 Å². The first-order valence-corrected chi connectivity index (χ1v) is 29.3. The first-order valence-electron chi connectivity index (χ1n) is 29.3. The van der Waals surface area contributed by atoms with Crippen molar-refractivity contribution in [1.82, 2.24) is 15.1 Å². The molecule has 1 aliphatic rings. The van der Waals surface area contributed by atoms with Gasteiger partial charge in [0.25, 0.3) is 0 Å². The van der Waals surface area contributed by atoms with Crippen molar-refractivity contribution in [1.29, 1.82) is 0 Å². The van der Waals surface area contributed by atoms with Gasteiger partial charge in [0, 0.05) is 58.0 Å². The zero-order valence-electron chi connectivity index (χ0n) is 44.6. The Morgan fingerprint density at radius 1 is 0.492 bits per heavy atom. The Kier molecular flexibility index (Phi) is 47.0. The Labute approximate surface area is 406 Å². The average molecular weight is 925 g/mol. The SMILES string of the molecule is CCCCCCCCOC(CCCCCN(CCCCC(COCCCCCC)C(O)NCC(CCCCCC)CCCCCC)CCN(CCO)C1CCC1)OCCCCCCCC. The Morgan fingerprint density at radius 3 is 1.49 bits per heavy atom. The van der Waals surface area contributed by atoms with E-state index in [1.807, 2.05) is 0 Å². The van der Waals surface area contributed by atoms with Crippen LogP contribution in [0.5, 0.6) is 0 Å². The van der Waals surface area contributed by atoms with Crippen molar-refractivity contribution in [2.24, 2.45) is 11.8 Å². The fraction of sp³-hybridized carbons (Fsp3) is 1.00. The predicted molar refractivity (Wildman–Crippen MR) is 281 cm³/mol. The molecule has 8 nitrogen and oxygen atoms in total. The van der Waals surface area contributed by atoms with E-state index in [4.69, 9.17) is 14.2 Å². The van der Waals surface area contributed by atoms with Crippen molar-refractivity contribution >= 4 is 0 Å². The third kappa shape index (κ3) is 38.2. The fourth-order valence-corrected chi connectivity index (χ4v) is 9.66. The number of ether oxygens (including phenoxy) is 3. The molecule has 3 N–H and O–H groups in total. The lowest BCUT2D eigenvalue weighted by Gasteiger charge is -2.38. The van der Waals surface area contributed by atoms with Crippen molar-refractivity contribution in [3.05, 3.63) is 0 Å². The van der Waals surface area contributed by atoms with Gasteiger partial charge in [-0.25, -0.2) is 0 Å². The molecule has 0 heterocycles. The van der Waals surface area contributed by atoms with E-state index in [0.717, 1.165) is 110 Å². The maximum Gasteiger partial charge on any atom is 0.157 e. The molecule has 390 valence electrons. The summed E-state index contributed by atoms with van der Waals surface area (Å²) in [4.78, 5) is 5.26. The molecule has 0 spiro atoms. The standard InChI is InChI=1S/C57H117N3O5/c1-6-11-16-21-23-33-49-64-56(65-50-34-24-22-17-12-7-2)41-28-25-30-42-59(44-45-60(46-47-61)55-39-35-40-55)43-31-29-38-54(52-63-48-32-20-15-10-5)57(62)58-51-53(36-26-18-13-8-3)37-27-19-14-9-4/h53-58,61-62H,6-52H2,1-5H3. The second-order valence-corrected chi connectivity index (χ2v) is 20.6. The molecule has 8 heteroatoms. The third-order valence-corrected chi connectivity index (χ3v) is 14.5. The number of nitrogens with zero attached hydrogens (tertiary/aromatic N) is 2. The molecule has 0 bridgehead atoms. The maximum absolute atomic E-state index is 11.7.